The molecule has 2 amide bonds. The zero-order valence-electron chi connectivity index (χ0n) is 16.0. The van der Waals surface area contributed by atoms with Crippen molar-refractivity contribution in [3.05, 3.63) is 23.8 Å². The molecule has 1 aliphatic heterocycles. The lowest BCUT2D eigenvalue weighted by atomic mass is 10.2. The van der Waals surface area contributed by atoms with Gasteiger partial charge in [-0.1, -0.05) is 0 Å². The lowest BCUT2D eigenvalue weighted by molar-refractivity contribution is -0.130. The molecule has 1 aromatic carbocycles. The fraction of sp³-hybridized carbons (Fsp3) is 0.556. The number of methoxy groups -OCH3 is 1. The van der Waals surface area contributed by atoms with Crippen molar-refractivity contribution in [3.63, 3.8) is 0 Å². The highest BCUT2D eigenvalue weighted by molar-refractivity contribution is 5.79. The van der Waals surface area contributed by atoms with Gasteiger partial charge in [-0.25, -0.2) is 13.2 Å². The number of hydrogen-bond acceptors (Lipinski definition) is 5. The molecule has 0 aliphatic carbocycles. The van der Waals surface area contributed by atoms with Crippen molar-refractivity contribution in [2.75, 3.05) is 69.9 Å². The van der Waals surface area contributed by atoms with Crippen LogP contribution in [0.2, 0.25) is 0 Å². The molecule has 7 nitrogen and oxygen atoms in total. The molecular weight excluding hydrogens is 377 g/mol. The molecule has 1 aliphatic rings. The van der Waals surface area contributed by atoms with Crippen LogP contribution in [-0.4, -0.2) is 83.4 Å². The molecule has 10 heteroatoms. The van der Waals surface area contributed by atoms with Crippen LogP contribution in [0, 0.1) is 11.6 Å². The van der Waals surface area contributed by atoms with Crippen molar-refractivity contribution in [3.8, 4) is 0 Å². The van der Waals surface area contributed by atoms with Crippen LogP contribution in [0.15, 0.2) is 12.1 Å². The number of nitrogens with zero attached hydrogens (tertiary/aromatic N) is 3. The lowest BCUT2D eigenvalue weighted by Crippen LogP contribution is -2.51. The zero-order chi connectivity index (χ0) is 20.7. The summed E-state index contributed by atoms with van der Waals surface area (Å²) in [4.78, 5) is 27.3. The number of likely N-dealkylation sites (N-methyl/N-ethyl adjacent to an activating group) is 1. The Morgan fingerprint density at radius 2 is 1.89 bits per heavy atom. The second-order valence-corrected chi connectivity index (χ2v) is 6.43. The van der Waals surface area contributed by atoms with Gasteiger partial charge in [0.05, 0.1) is 13.1 Å². The summed E-state index contributed by atoms with van der Waals surface area (Å²) in [6.45, 7) is 0.490. The third-order valence-corrected chi connectivity index (χ3v) is 4.64. The molecule has 0 spiro atoms. The first-order valence-corrected chi connectivity index (χ1v) is 8.92. The van der Waals surface area contributed by atoms with Crippen LogP contribution in [0.5, 0.6) is 0 Å². The average Bonchev–Trinajstić information content (AvgIpc) is 2.69. The van der Waals surface area contributed by atoms with Gasteiger partial charge in [0.1, 0.15) is 18.5 Å². The number of halogens is 3. The van der Waals surface area contributed by atoms with Crippen LogP contribution in [-0.2, 0) is 14.3 Å². The quantitative estimate of drug-likeness (QED) is 0.619. The number of benzene rings is 1. The minimum absolute atomic E-state index is 0.0212. The van der Waals surface area contributed by atoms with Crippen LogP contribution in [0.1, 0.15) is 0 Å². The topological polar surface area (TPSA) is 65.1 Å². The standard InChI is InChI=1S/C18H25F3N4O3/c1-22-10-17(27)23-3-5-24(6-4-23)18-15(20)7-13(8-16(18)21)25(12-26)11-14(9-19)28-2/h7-8,12,14,22H,3-6,9-11H2,1-2H3. The van der Waals surface area contributed by atoms with E-state index in [4.69, 9.17) is 4.74 Å². The second kappa shape index (κ2) is 10.3. The molecule has 28 heavy (non-hydrogen) atoms. The maximum absolute atomic E-state index is 14.6. The fourth-order valence-electron chi connectivity index (χ4n) is 3.08. The van der Waals surface area contributed by atoms with Gasteiger partial charge in [-0.2, -0.15) is 0 Å². The lowest BCUT2D eigenvalue weighted by Gasteiger charge is -2.36. The van der Waals surface area contributed by atoms with Gasteiger partial charge < -0.3 is 24.8 Å². The van der Waals surface area contributed by atoms with Crippen molar-refractivity contribution < 1.29 is 27.5 Å². The van der Waals surface area contributed by atoms with E-state index in [1.54, 1.807) is 11.9 Å². The monoisotopic (exact) mass is 402 g/mol. The van der Waals surface area contributed by atoms with Crippen LogP contribution in [0.3, 0.4) is 0 Å². The van der Waals surface area contributed by atoms with Crippen LogP contribution < -0.4 is 15.1 Å². The highest BCUT2D eigenvalue weighted by Gasteiger charge is 2.26. The molecule has 1 atom stereocenters. The molecule has 1 unspecified atom stereocenters. The number of amides is 2. The van der Waals surface area contributed by atoms with Crippen LogP contribution in [0.25, 0.3) is 0 Å². The number of anilines is 2. The van der Waals surface area contributed by atoms with Crippen molar-refractivity contribution in [1.29, 1.82) is 0 Å². The fourth-order valence-corrected chi connectivity index (χ4v) is 3.08. The van der Waals surface area contributed by atoms with Crippen molar-refractivity contribution in [2.45, 2.75) is 6.10 Å². The van der Waals surface area contributed by atoms with Crippen LogP contribution >= 0.6 is 0 Å². The molecule has 0 radical (unpaired) electrons. The predicted octanol–water partition coefficient (Wildman–Crippen LogP) is 0.780. The normalized spacial score (nSPS) is 15.5. The molecule has 156 valence electrons. The summed E-state index contributed by atoms with van der Waals surface area (Å²) in [7, 11) is 2.96. The first kappa shape index (κ1) is 22.0. The van der Waals surface area contributed by atoms with Crippen molar-refractivity contribution >= 4 is 23.7 Å². The Labute approximate surface area is 162 Å². The number of alkyl halides is 1. The van der Waals surface area contributed by atoms with E-state index in [9.17, 15) is 22.8 Å². The van der Waals surface area contributed by atoms with Crippen molar-refractivity contribution in [1.82, 2.24) is 10.2 Å². The van der Waals surface area contributed by atoms with Gasteiger partial charge in [-0.05, 0) is 19.2 Å². The van der Waals surface area contributed by atoms with Gasteiger partial charge >= 0.3 is 0 Å². The smallest absolute Gasteiger partial charge is 0.236 e. The zero-order valence-corrected chi connectivity index (χ0v) is 16.0. The molecule has 0 bridgehead atoms. The first-order chi connectivity index (χ1) is 13.4. The molecule has 2 rings (SSSR count). The summed E-state index contributed by atoms with van der Waals surface area (Å²) in [6, 6.07) is 2.08. The predicted molar refractivity (Wildman–Crippen MR) is 99.3 cm³/mol. The Kier molecular flexibility index (Phi) is 8.06. The summed E-state index contributed by atoms with van der Waals surface area (Å²) < 4.78 is 47.0. The maximum Gasteiger partial charge on any atom is 0.236 e. The SMILES string of the molecule is CNCC(=O)N1CCN(c2c(F)cc(N(C=O)CC(CF)OC)cc2F)CC1. The van der Waals surface area contributed by atoms with Gasteiger partial charge in [0, 0.05) is 39.0 Å². The van der Waals surface area contributed by atoms with Gasteiger partial charge in [-0.15, -0.1) is 0 Å². The molecule has 1 fully saturated rings. The van der Waals surface area contributed by atoms with E-state index < -0.39 is 24.4 Å². The molecule has 1 N–H and O–H groups in total. The Bertz CT molecular complexity index is 657. The summed E-state index contributed by atoms with van der Waals surface area (Å²) in [5.41, 5.74) is -0.226. The van der Waals surface area contributed by atoms with E-state index >= 15 is 0 Å². The number of ether oxygens (including phenoxy) is 1. The number of nitrogens with one attached hydrogen (secondary N) is 1. The number of carbonyl (C=O) groups is 2. The summed E-state index contributed by atoms with van der Waals surface area (Å²) in [5, 5.41) is 2.78. The van der Waals surface area contributed by atoms with Gasteiger partial charge in [0.2, 0.25) is 12.3 Å². The third-order valence-electron chi connectivity index (χ3n) is 4.64. The summed E-state index contributed by atoms with van der Waals surface area (Å²) in [5.74, 6) is -1.72. The molecular formula is C18H25F3N4O3. The minimum Gasteiger partial charge on any atom is -0.377 e. The Balaban J connectivity index is 2.14. The first-order valence-electron chi connectivity index (χ1n) is 8.92. The average molecular weight is 402 g/mol. The highest BCUT2D eigenvalue weighted by atomic mass is 19.1. The number of carbonyl (C=O) groups excluding carboxylic acids is 2. The summed E-state index contributed by atoms with van der Waals surface area (Å²) in [6.07, 6.45) is -0.513. The minimum atomic E-state index is -0.890. The molecule has 1 aromatic rings. The second-order valence-electron chi connectivity index (χ2n) is 6.43. The number of rotatable bonds is 9. The van der Waals surface area contributed by atoms with Gasteiger partial charge in [0.25, 0.3) is 0 Å². The van der Waals surface area contributed by atoms with E-state index in [0.717, 1.165) is 17.0 Å². The van der Waals surface area contributed by atoms with E-state index in [1.807, 2.05) is 0 Å². The Hall–Kier alpha value is -2.33. The Morgan fingerprint density at radius 1 is 1.29 bits per heavy atom. The van der Waals surface area contributed by atoms with Crippen molar-refractivity contribution in [2.24, 2.45) is 0 Å². The van der Waals surface area contributed by atoms with E-state index in [2.05, 4.69) is 5.32 Å². The Morgan fingerprint density at radius 3 is 2.36 bits per heavy atom. The van der Waals surface area contributed by atoms with E-state index in [0.29, 0.717) is 19.5 Å². The maximum atomic E-state index is 14.6. The molecule has 0 aromatic heterocycles. The number of hydrogen-bond donors (Lipinski definition) is 1. The van der Waals surface area contributed by atoms with Crippen LogP contribution in [0.4, 0.5) is 24.5 Å². The largest absolute Gasteiger partial charge is 0.377 e. The molecule has 1 heterocycles. The van der Waals surface area contributed by atoms with E-state index in [1.165, 1.54) is 12.0 Å². The molecule has 0 saturated carbocycles. The van der Waals surface area contributed by atoms with Gasteiger partial charge in [0.15, 0.2) is 11.6 Å². The number of piperazine rings is 1. The van der Waals surface area contributed by atoms with Gasteiger partial charge in [-0.3, -0.25) is 9.59 Å². The highest BCUT2D eigenvalue weighted by Crippen LogP contribution is 2.29. The van der Waals surface area contributed by atoms with E-state index in [-0.39, 0.29) is 43.5 Å². The third kappa shape index (κ3) is 5.14. The molecule has 1 saturated heterocycles. The summed E-state index contributed by atoms with van der Waals surface area (Å²) >= 11 is 0.